The monoisotopic (exact) mass is 233 g/mol. The molecule has 1 saturated heterocycles. The average molecular weight is 233 g/mol. The van der Waals surface area contributed by atoms with Gasteiger partial charge in [-0.25, -0.2) is 0 Å². The lowest BCUT2D eigenvalue weighted by Crippen LogP contribution is -2.39. The zero-order valence-corrected chi connectivity index (χ0v) is 11.0. The molecule has 1 aliphatic heterocycles. The second-order valence-electron chi connectivity index (χ2n) is 5.45. The molecule has 0 saturated carbocycles. The minimum absolute atomic E-state index is 0.182. The quantitative estimate of drug-likeness (QED) is 0.848. The van der Waals surface area contributed by atoms with Gasteiger partial charge in [0.25, 0.3) is 0 Å². The highest BCUT2D eigenvalue weighted by atomic mass is 16.5. The maximum atomic E-state index is 6.11. The van der Waals surface area contributed by atoms with E-state index in [9.17, 15) is 0 Å². The summed E-state index contributed by atoms with van der Waals surface area (Å²) in [7, 11) is 0. The fourth-order valence-electron chi connectivity index (χ4n) is 2.41. The standard InChI is InChI=1S/C15H23NO/c1-11(2)14-15(13-7-5-4-6-8-13)17-10-12(3)9-16-14/h4-8,11-12,14-16H,9-10H2,1-3H3. The third kappa shape index (κ3) is 3.08. The van der Waals surface area contributed by atoms with Gasteiger partial charge < -0.3 is 10.1 Å². The Balaban J connectivity index is 2.21. The van der Waals surface area contributed by atoms with E-state index in [0.717, 1.165) is 13.2 Å². The van der Waals surface area contributed by atoms with Crippen LogP contribution in [0.4, 0.5) is 0 Å². The summed E-state index contributed by atoms with van der Waals surface area (Å²) < 4.78 is 6.11. The summed E-state index contributed by atoms with van der Waals surface area (Å²) in [5.41, 5.74) is 1.28. The summed E-state index contributed by atoms with van der Waals surface area (Å²) in [4.78, 5) is 0. The van der Waals surface area contributed by atoms with Gasteiger partial charge in [0.15, 0.2) is 0 Å². The molecule has 94 valence electrons. The first-order valence-electron chi connectivity index (χ1n) is 6.58. The first-order valence-corrected chi connectivity index (χ1v) is 6.58. The molecule has 0 aromatic heterocycles. The van der Waals surface area contributed by atoms with Crippen molar-refractivity contribution >= 4 is 0 Å². The van der Waals surface area contributed by atoms with Crippen LogP contribution in [0, 0.1) is 11.8 Å². The molecule has 0 radical (unpaired) electrons. The molecule has 3 unspecified atom stereocenters. The van der Waals surface area contributed by atoms with Crippen molar-refractivity contribution in [1.82, 2.24) is 5.32 Å². The van der Waals surface area contributed by atoms with Crippen molar-refractivity contribution in [3.05, 3.63) is 35.9 Å². The van der Waals surface area contributed by atoms with Crippen LogP contribution >= 0.6 is 0 Å². The van der Waals surface area contributed by atoms with Crippen molar-refractivity contribution in [3.8, 4) is 0 Å². The molecule has 2 rings (SSSR count). The molecule has 2 nitrogen and oxygen atoms in total. The van der Waals surface area contributed by atoms with E-state index in [-0.39, 0.29) is 6.10 Å². The molecule has 2 heteroatoms. The van der Waals surface area contributed by atoms with E-state index in [2.05, 4.69) is 56.4 Å². The Labute approximate surface area is 104 Å². The fraction of sp³-hybridized carbons (Fsp3) is 0.600. The minimum Gasteiger partial charge on any atom is -0.372 e. The molecule has 1 aliphatic rings. The third-order valence-electron chi connectivity index (χ3n) is 3.43. The van der Waals surface area contributed by atoms with Gasteiger partial charge in [0.1, 0.15) is 0 Å². The number of ether oxygens (including phenoxy) is 1. The molecule has 1 heterocycles. The van der Waals surface area contributed by atoms with Gasteiger partial charge >= 0.3 is 0 Å². The molecule has 0 bridgehead atoms. The van der Waals surface area contributed by atoms with Gasteiger partial charge in [0, 0.05) is 12.6 Å². The van der Waals surface area contributed by atoms with Gasteiger partial charge in [0.05, 0.1) is 12.7 Å². The zero-order chi connectivity index (χ0) is 12.3. The average Bonchev–Trinajstić information content (AvgIpc) is 2.52. The Bertz CT molecular complexity index is 336. The van der Waals surface area contributed by atoms with E-state index in [4.69, 9.17) is 4.74 Å². The Kier molecular flexibility index (Phi) is 4.19. The molecule has 1 aromatic carbocycles. The number of hydrogen-bond acceptors (Lipinski definition) is 2. The largest absolute Gasteiger partial charge is 0.372 e. The highest BCUT2D eigenvalue weighted by Gasteiger charge is 2.29. The summed E-state index contributed by atoms with van der Waals surface area (Å²) in [6.07, 6.45) is 0.182. The second-order valence-corrected chi connectivity index (χ2v) is 5.45. The van der Waals surface area contributed by atoms with Gasteiger partial charge in [0.2, 0.25) is 0 Å². The lowest BCUT2D eigenvalue weighted by atomic mass is 9.93. The third-order valence-corrected chi connectivity index (χ3v) is 3.43. The molecule has 17 heavy (non-hydrogen) atoms. The van der Waals surface area contributed by atoms with Crippen molar-refractivity contribution in [3.63, 3.8) is 0 Å². The lowest BCUT2D eigenvalue weighted by molar-refractivity contribution is 0.0203. The van der Waals surface area contributed by atoms with Crippen LogP contribution in [0.3, 0.4) is 0 Å². The van der Waals surface area contributed by atoms with Crippen LogP contribution in [0.2, 0.25) is 0 Å². The minimum atomic E-state index is 0.182. The van der Waals surface area contributed by atoms with Gasteiger partial charge in [-0.1, -0.05) is 51.1 Å². The van der Waals surface area contributed by atoms with E-state index in [1.807, 2.05) is 0 Å². The Morgan fingerprint density at radius 3 is 2.59 bits per heavy atom. The summed E-state index contributed by atoms with van der Waals surface area (Å²) in [6, 6.07) is 11.0. The van der Waals surface area contributed by atoms with Crippen molar-refractivity contribution in [2.45, 2.75) is 32.9 Å². The number of nitrogens with one attached hydrogen (secondary N) is 1. The van der Waals surface area contributed by atoms with Crippen LogP contribution in [-0.4, -0.2) is 19.2 Å². The number of hydrogen-bond donors (Lipinski definition) is 1. The van der Waals surface area contributed by atoms with Crippen LogP contribution in [0.25, 0.3) is 0 Å². The highest BCUT2D eigenvalue weighted by molar-refractivity contribution is 5.19. The van der Waals surface area contributed by atoms with Crippen LogP contribution in [0.1, 0.15) is 32.4 Å². The van der Waals surface area contributed by atoms with Gasteiger partial charge in [-0.05, 0) is 17.4 Å². The van der Waals surface area contributed by atoms with E-state index in [1.54, 1.807) is 0 Å². The number of benzene rings is 1. The van der Waals surface area contributed by atoms with Crippen LogP contribution in [0.15, 0.2) is 30.3 Å². The molecule has 0 amide bonds. The molecule has 3 atom stereocenters. The van der Waals surface area contributed by atoms with Crippen LogP contribution < -0.4 is 5.32 Å². The van der Waals surface area contributed by atoms with Crippen molar-refractivity contribution < 1.29 is 4.74 Å². The van der Waals surface area contributed by atoms with E-state index in [1.165, 1.54) is 5.56 Å². The topological polar surface area (TPSA) is 21.3 Å². The van der Waals surface area contributed by atoms with Crippen LogP contribution in [-0.2, 0) is 4.74 Å². The first kappa shape index (κ1) is 12.6. The maximum Gasteiger partial charge on any atom is 0.0980 e. The summed E-state index contributed by atoms with van der Waals surface area (Å²) >= 11 is 0. The van der Waals surface area contributed by atoms with Crippen molar-refractivity contribution in [1.29, 1.82) is 0 Å². The molecule has 0 aliphatic carbocycles. The first-order chi connectivity index (χ1) is 8.18. The molecule has 1 aromatic rings. The molecule has 1 fully saturated rings. The van der Waals surface area contributed by atoms with Gasteiger partial charge in [-0.2, -0.15) is 0 Å². The summed E-state index contributed by atoms with van der Waals surface area (Å²) in [5.74, 6) is 1.16. The SMILES string of the molecule is CC1CNC(C(C)C)C(c2ccccc2)OC1. The molecular weight excluding hydrogens is 210 g/mol. The maximum absolute atomic E-state index is 6.11. The summed E-state index contributed by atoms with van der Waals surface area (Å²) in [6.45, 7) is 8.64. The Morgan fingerprint density at radius 2 is 1.94 bits per heavy atom. The summed E-state index contributed by atoms with van der Waals surface area (Å²) in [5, 5.41) is 3.65. The smallest absolute Gasteiger partial charge is 0.0980 e. The Hall–Kier alpha value is -0.860. The molecule has 1 N–H and O–H groups in total. The van der Waals surface area contributed by atoms with Crippen molar-refractivity contribution in [2.75, 3.05) is 13.2 Å². The molecule has 0 spiro atoms. The lowest BCUT2D eigenvalue weighted by Gasteiger charge is -2.29. The second kappa shape index (κ2) is 5.65. The van der Waals surface area contributed by atoms with Crippen LogP contribution in [0.5, 0.6) is 0 Å². The highest BCUT2D eigenvalue weighted by Crippen LogP contribution is 2.28. The van der Waals surface area contributed by atoms with Gasteiger partial charge in [-0.3, -0.25) is 0 Å². The number of rotatable bonds is 2. The predicted octanol–water partition coefficient (Wildman–Crippen LogP) is 3.01. The predicted molar refractivity (Wildman–Crippen MR) is 70.9 cm³/mol. The Morgan fingerprint density at radius 1 is 1.24 bits per heavy atom. The van der Waals surface area contributed by atoms with E-state index >= 15 is 0 Å². The van der Waals surface area contributed by atoms with E-state index < -0.39 is 0 Å². The van der Waals surface area contributed by atoms with Gasteiger partial charge in [-0.15, -0.1) is 0 Å². The van der Waals surface area contributed by atoms with E-state index in [0.29, 0.717) is 17.9 Å². The normalized spacial score (nSPS) is 30.2. The molecular formula is C15H23NO. The zero-order valence-electron chi connectivity index (χ0n) is 11.0. The van der Waals surface area contributed by atoms with Crippen molar-refractivity contribution in [2.24, 2.45) is 11.8 Å². The fourth-order valence-corrected chi connectivity index (χ4v) is 2.41.